The van der Waals surface area contributed by atoms with Crippen molar-refractivity contribution in [2.45, 2.75) is 44.6 Å². The van der Waals surface area contributed by atoms with Gasteiger partial charge in [0.15, 0.2) is 5.96 Å². The fourth-order valence-electron chi connectivity index (χ4n) is 2.60. The third kappa shape index (κ3) is 6.67. The Labute approximate surface area is 157 Å². The molecule has 0 aromatic heterocycles. The summed E-state index contributed by atoms with van der Waals surface area (Å²) in [6, 6.07) is 10.8. The topological polar surface area (TPSA) is 48.5 Å². The van der Waals surface area contributed by atoms with Crippen LogP contribution in [0.5, 0.6) is 0 Å². The number of hydrogen-bond donors (Lipinski definition) is 3. The SMILES string of the molecule is CN=C(NCCNC(C)(C)C)NCC1(c2ccccc2)CC1.I. The third-order valence-electron chi connectivity index (χ3n) is 4.13. The van der Waals surface area contributed by atoms with Crippen LogP contribution >= 0.6 is 24.0 Å². The van der Waals surface area contributed by atoms with Gasteiger partial charge in [-0.2, -0.15) is 0 Å². The Hall–Kier alpha value is -0.820. The molecule has 1 aliphatic carbocycles. The molecule has 0 aliphatic heterocycles. The quantitative estimate of drug-likeness (QED) is 0.282. The van der Waals surface area contributed by atoms with Gasteiger partial charge >= 0.3 is 0 Å². The highest BCUT2D eigenvalue weighted by Crippen LogP contribution is 2.47. The van der Waals surface area contributed by atoms with Crippen molar-refractivity contribution in [1.82, 2.24) is 16.0 Å². The van der Waals surface area contributed by atoms with Crippen LogP contribution in [0.2, 0.25) is 0 Å². The second kappa shape index (κ2) is 8.87. The van der Waals surface area contributed by atoms with E-state index in [1.165, 1.54) is 18.4 Å². The van der Waals surface area contributed by atoms with Crippen molar-refractivity contribution >= 4 is 29.9 Å². The number of guanidine groups is 1. The highest BCUT2D eigenvalue weighted by Gasteiger charge is 2.43. The molecule has 0 amide bonds. The molecule has 3 N–H and O–H groups in total. The first-order valence-electron chi connectivity index (χ1n) is 8.20. The molecule has 0 heterocycles. The van der Waals surface area contributed by atoms with E-state index in [2.05, 4.69) is 72.0 Å². The molecule has 1 fully saturated rings. The molecule has 1 saturated carbocycles. The van der Waals surface area contributed by atoms with E-state index in [9.17, 15) is 0 Å². The van der Waals surface area contributed by atoms with E-state index in [1.54, 1.807) is 0 Å². The van der Waals surface area contributed by atoms with E-state index in [0.29, 0.717) is 5.41 Å². The fourth-order valence-corrected chi connectivity index (χ4v) is 2.60. The molecular formula is C18H31IN4. The number of benzene rings is 1. The molecule has 2 rings (SSSR count). The second-order valence-corrected chi connectivity index (χ2v) is 7.18. The highest BCUT2D eigenvalue weighted by atomic mass is 127. The Morgan fingerprint density at radius 3 is 2.26 bits per heavy atom. The maximum absolute atomic E-state index is 4.31. The van der Waals surface area contributed by atoms with E-state index in [-0.39, 0.29) is 29.5 Å². The number of nitrogens with zero attached hydrogens (tertiary/aromatic N) is 1. The van der Waals surface area contributed by atoms with E-state index in [0.717, 1.165) is 25.6 Å². The van der Waals surface area contributed by atoms with Gasteiger partial charge in [0.1, 0.15) is 0 Å². The Bertz CT molecular complexity index is 489. The molecule has 0 spiro atoms. The summed E-state index contributed by atoms with van der Waals surface area (Å²) in [4.78, 5) is 4.31. The summed E-state index contributed by atoms with van der Waals surface area (Å²) in [6.07, 6.45) is 2.51. The summed E-state index contributed by atoms with van der Waals surface area (Å²) in [7, 11) is 1.83. The van der Waals surface area contributed by atoms with Crippen LogP contribution in [-0.2, 0) is 5.41 Å². The van der Waals surface area contributed by atoms with Crippen LogP contribution < -0.4 is 16.0 Å². The number of halogens is 1. The van der Waals surface area contributed by atoms with Crippen LogP contribution in [0.3, 0.4) is 0 Å². The predicted molar refractivity (Wildman–Crippen MR) is 110 cm³/mol. The molecule has 0 radical (unpaired) electrons. The van der Waals surface area contributed by atoms with Gasteiger partial charge in [0.25, 0.3) is 0 Å². The first-order valence-corrected chi connectivity index (χ1v) is 8.20. The van der Waals surface area contributed by atoms with Crippen LogP contribution in [0.4, 0.5) is 0 Å². The van der Waals surface area contributed by atoms with Gasteiger partial charge in [0.05, 0.1) is 0 Å². The van der Waals surface area contributed by atoms with Gasteiger partial charge in [-0.05, 0) is 39.2 Å². The number of aliphatic imine (C=N–C) groups is 1. The van der Waals surface area contributed by atoms with Crippen molar-refractivity contribution in [2.24, 2.45) is 4.99 Å². The Balaban J connectivity index is 0.00000264. The lowest BCUT2D eigenvalue weighted by Crippen LogP contribution is -2.46. The lowest BCUT2D eigenvalue weighted by Gasteiger charge is -2.22. The van der Waals surface area contributed by atoms with Crippen molar-refractivity contribution in [3.05, 3.63) is 35.9 Å². The van der Waals surface area contributed by atoms with Crippen molar-refractivity contribution in [3.8, 4) is 0 Å². The molecular weight excluding hydrogens is 399 g/mol. The van der Waals surface area contributed by atoms with E-state index in [4.69, 9.17) is 0 Å². The Kier molecular flexibility index (Phi) is 7.80. The van der Waals surface area contributed by atoms with Gasteiger partial charge < -0.3 is 16.0 Å². The predicted octanol–water partition coefficient (Wildman–Crippen LogP) is 2.89. The van der Waals surface area contributed by atoms with Crippen LogP contribution in [0, 0.1) is 0 Å². The molecule has 130 valence electrons. The van der Waals surface area contributed by atoms with Crippen molar-refractivity contribution in [1.29, 1.82) is 0 Å². The maximum atomic E-state index is 4.31. The number of hydrogen-bond acceptors (Lipinski definition) is 2. The van der Waals surface area contributed by atoms with Crippen molar-refractivity contribution in [2.75, 3.05) is 26.7 Å². The molecule has 1 aromatic rings. The van der Waals surface area contributed by atoms with Crippen molar-refractivity contribution < 1.29 is 0 Å². The average molecular weight is 430 g/mol. The zero-order valence-electron chi connectivity index (χ0n) is 14.8. The molecule has 0 unspecified atom stereocenters. The highest BCUT2D eigenvalue weighted by molar-refractivity contribution is 14.0. The largest absolute Gasteiger partial charge is 0.356 e. The normalized spacial score (nSPS) is 16.4. The molecule has 0 bridgehead atoms. The molecule has 1 aromatic carbocycles. The summed E-state index contributed by atoms with van der Waals surface area (Å²) in [5, 5.41) is 10.3. The second-order valence-electron chi connectivity index (χ2n) is 7.18. The summed E-state index contributed by atoms with van der Waals surface area (Å²) < 4.78 is 0. The molecule has 1 aliphatic rings. The van der Waals surface area contributed by atoms with Gasteiger partial charge in [-0.25, -0.2) is 0 Å². The molecule has 4 nitrogen and oxygen atoms in total. The van der Waals surface area contributed by atoms with Gasteiger partial charge in [-0.1, -0.05) is 30.3 Å². The zero-order valence-corrected chi connectivity index (χ0v) is 17.1. The molecule has 0 atom stereocenters. The van der Waals surface area contributed by atoms with Crippen LogP contribution in [-0.4, -0.2) is 38.2 Å². The summed E-state index contributed by atoms with van der Waals surface area (Å²) in [5.74, 6) is 0.887. The summed E-state index contributed by atoms with van der Waals surface area (Å²) >= 11 is 0. The van der Waals surface area contributed by atoms with Crippen molar-refractivity contribution in [3.63, 3.8) is 0 Å². The van der Waals surface area contributed by atoms with Gasteiger partial charge in [-0.3, -0.25) is 4.99 Å². The Morgan fingerprint density at radius 2 is 1.74 bits per heavy atom. The lowest BCUT2D eigenvalue weighted by molar-refractivity contribution is 0.428. The van der Waals surface area contributed by atoms with E-state index >= 15 is 0 Å². The maximum Gasteiger partial charge on any atom is 0.191 e. The zero-order chi connectivity index (χ0) is 16.1. The molecule has 5 heteroatoms. The average Bonchev–Trinajstić information content (AvgIpc) is 3.28. The Morgan fingerprint density at radius 1 is 1.09 bits per heavy atom. The third-order valence-corrected chi connectivity index (χ3v) is 4.13. The standard InChI is InChI=1S/C18H30N4.HI/c1-17(2,3)22-13-12-20-16(19-4)21-14-18(10-11-18)15-8-6-5-7-9-15;/h5-9,22H,10-14H2,1-4H3,(H2,19,20,21);1H. The van der Waals surface area contributed by atoms with Crippen LogP contribution in [0.1, 0.15) is 39.2 Å². The van der Waals surface area contributed by atoms with Crippen LogP contribution in [0.25, 0.3) is 0 Å². The van der Waals surface area contributed by atoms with Crippen LogP contribution in [0.15, 0.2) is 35.3 Å². The number of nitrogens with one attached hydrogen (secondary N) is 3. The molecule has 23 heavy (non-hydrogen) atoms. The summed E-state index contributed by atoms with van der Waals surface area (Å²) in [5.41, 5.74) is 1.90. The fraction of sp³-hybridized carbons (Fsp3) is 0.611. The first kappa shape index (κ1) is 20.2. The monoisotopic (exact) mass is 430 g/mol. The minimum atomic E-state index is 0. The van der Waals surface area contributed by atoms with Gasteiger partial charge in [0, 0.05) is 37.6 Å². The first-order chi connectivity index (χ1) is 10.5. The minimum Gasteiger partial charge on any atom is -0.356 e. The minimum absolute atomic E-state index is 0. The van der Waals surface area contributed by atoms with E-state index in [1.807, 2.05) is 7.05 Å². The number of rotatable bonds is 6. The smallest absolute Gasteiger partial charge is 0.191 e. The summed E-state index contributed by atoms with van der Waals surface area (Å²) in [6.45, 7) is 9.27. The lowest BCUT2D eigenvalue weighted by atomic mass is 9.96. The van der Waals surface area contributed by atoms with Gasteiger partial charge in [0.2, 0.25) is 0 Å². The van der Waals surface area contributed by atoms with E-state index < -0.39 is 0 Å². The van der Waals surface area contributed by atoms with Gasteiger partial charge in [-0.15, -0.1) is 24.0 Å². The molecule has 0 saturated heterocycles.